The van der Waals surface area contributed by atoms with Crippen LogP contribution in [0.15, 0.2) is 53.8 Å². The van der Waals surface area contributed by atoms with E-state index < -0.39 is 0 Å². The zero-order valence-corrected chi connectivity index (χ0v) is 21.8. The van der Waals surface area contributed by atoms with E-state index in [1.54, 1.807) is 0 Å². The SMILES string of the molecule is C=N/C=C(\NC1C[C@@H]2CCC[C@@H]2N1)c1ccc2c(c1)-c1ccc(-c3cnc([C@@H]4C[C@@H]5CCC[C@@H]5N4)[nH]3)cc1-2. The van der Waals surface area contributed by atoms with Crippen molar-refractivity contribution in [3.05, 3.63) is 60.2 Å². The highest BCUT2D eigenvalue weighted by atomic mass is 15.2. The molecule has 0 amide bonds. The van der Waals surface area contributed by atoms with Gasteiger partial charge in [-0.15, -0.1) is 0 Å². The molecule has 2 saturated carbocycles. The van der Waals surface area contributed by atoms with Gasteiger partial charge >= 0.3 is 0 Å². The van der Waals surface area contributed by atoms with Gasteiger partial charge in [-0.3, -0.25) is 10.3 Å². The molecule has 3 heterocycles. The number of aliphatic imine (C=N–C) groups is 1. The molecular weight excluding hydrogens is 468 g/mol. The van der Waals surface area contributed by atoms with Crippen LogP contribution in [0.25, 0.3) is 39.2 Å². The minimum Gasteiger partial charge on any atom is -0.368 e. The van der Waals surface area contributed by atoms with Gasteiger partial charge < -0.3 is 15.6 Å². The van der Waals surface area contributed by atoms with E-state index in [1.807, 2.05) is 12.4 Å². The monoisotopic (exact) mass is 504 g/mol. The lowest BCUT2D eigenvalue weighted by Gasteiger charge is -2.26. The van der Waals surface area contributed by atoms with E-state index in [0.29, 0.717) is 24.3 Å². The molecular formula is C32H36N6. The van der Waals surface area contributed by atoms with Crippen molar-refractivity contribution in [1.29, 1.82) is 0 Å². The minimum absolute atomic E-state index is 0.303. The lowest BCUT2D eigenvalue weighted by atomic mass is 9.78. The van der Waals surface area contributed by atoms with E-state index in [1.165, 1.54) is 79.2 Å². The van der Waals surface area contributed by atoms with Crippen LogP contribution < -0.4 is 16.0 Å². The molecule has 0 bridgehead atoms. The Balaban J connectivity index is 1.00. The van der Waals surface area contributed by atoms with Crippen LogP contribution in [0.2, 0.25) is 0 Å². The molecule has 0 radical (unpaired) electrons. The number of aromatic nitrogens is 2. The molecule has 3 aliphatic carbocycles. The zero-order valence-electron chi connectivity index (χ0n) is 21.8. The number of rotatable bonds is 6. The number of fused-ring (bicyclic) bond motifs is 6. The summed E-state index contributed by atoms with van der Waals surface area (Å²) >= 11 is 0. The molecule has 4 N–H and O–H groups in total. The summed E-state index contributed by atoms with van der Waals surface area (Å²) in [5, 5.41) is 11.3. The molecule has 1 unspecified atom stereocenters. The highest BCUT2D eigenvalue weighted by molar-refractivity contribution is 6.04. The molecule has 4 fully saturated rings. The first-order valence-corrected chi connectivity index (χ1v) is 14.5. The topological polar surface area (TPSA) is 77.1 Å². The summed E-state index contributed by atoms with van der Waals surface area (Å²) in [5.74, 6) is 2.72. The highest BCUT2D eigenvalue weighted by Gasteiger charge is 2.39. The first-order valence-electron chi connectivity index (χ1n) is 14.5. The zero-order chi connectivity index (χ0) is 25.2. The van der Waals surface area contributed by atoms with Crippen molar-refractivity contribution in [2.24, 2.45) is 16.8 Å². The average molecular weight is 505 g/mol. The third-order valence-electron chi connectivity index (χ3n) is 9.94. The first-order chi connectivity index (χ1) is 18.7. The smallest absolute Gasteiger partial charge is 0.123 e. The molecule has 5 aliphatic rings. The number of hydrogen-bond donors (Lipinski definition) is 4. The Morgan fingerprint density at radius 2 is 1.66 bits per heavy atom. The van der Waals surface area contributed by atoms with Crippen LogP contribution >= 0.6 is 0 Å². The van der Waals surface area contributed by atoms with E-state index in [9.17, 15) is 0 Å². The van der Waals surface area contributed by atoms with Crippen LogP contribution in [-0.4, -0.2) is 34.9 Å². The molecule has 3 aromatic rings. The Kier molecular flexibility index (Phi) is 5.34. The maximum atomic E-state index is 4.77. The summed E-state index contributed by atoms with van der Waals surface area (Å²) in [6, 6.07) is 15.3. The van der Waals surface area contributed by atoms with Crippen LogP contribution in [0, 0.1) is 11.8 Å². The lowest BCUT2D eigenvalue weighted by molar-refractivity contribution is 0.500. The van der Waals surface area contributed by atoms with E-state index >= 15 is 0 Å². The normalized spacial score (nSPS) is 30.9. The van der Waals surface area contributed by atoms with Gasteiger partial charge in [-0.25, -0.2) is 4.98 Å². The fourth-order valence-electron chi connectivity index (χ4n) is 8.04. The van der Waals surface area contributed by atoms with Crippen LogP contribution in [0.4, 0.5) is 0 Å². The molecule has 2 aromatic carbocycles. The Hall–Kier alpha value is -3.22. The van der Waals surface area contributed by atoms with Gasteiger partial charge in [-0.05, 0) is 97.0 Å². The summed E-state index contributed by atoms with van der Waals surface area (Å²) < 4.78 is 0. The molecule has 0 spiro atoms. The number of nitrogens with zero attached hydrogens (tertiary/aromatic N) is 2. The lowest BCUT2D eigenvalue weighted by Crippen LogP contribution is -2.39. The van der Waals surface area contributed by atoms with E-state index in [-0.39, 0.29) is 0 Å². The number of nitrogens with one attached hydrogen (secondary N) is 4. The Bertz CT molecular complexity index is 1410. The van der Waals surface area contributed by atoms with Gasteiger partial charge in [0.15, 0.2) is 0 Å². The number of benzene rings is 2. The maximum absolute atomic E-state index is 4.77. The predicted octanol–water partition coefficient (Wildman–Crippen LogP) is 6.00. The van der Waals surface area contributed by atoms with Gasteiger partial charge in [0.2, 0.25) is 0 Å². The predicted molar refractivity (Wildman–Crippen MR) is 153 cm³/mol. The Morgan fingerprint density at radius 1 is 0.895 bits per heavy atom. The summed E-state index contributed by atoms with van der Waals surface area (Å²) in [7, 11) is 0. The van der Waals surface area contributed by atoms with Crippen LogP contribution in [0.5, 0.6) is 0 Å². The quantitative estimate of drug-likeness (QED) is 0.243. The highest BCUT2D eigenvalue weighted by Crippen LogP contribution is 2.49. The molecule has 2 aliphatic heterocycles. The van der Waals surface area contributed by atoms with Gasteiger partial charge in [0.1, 0.15) is 5.82 Å². The van der Waals surface area contributed by atoms with Gasteiger partial charge in [0.25, 0.3) is 0 Å². The summed E-state index contributed by atoms with van der Waals surface area (Å²) in [6.45, 7) is 3.73. The van der Waals surface area contributed by atoms with Crippen molar-refractivity contribution in [1.82, 2.24) is 25.9 Å². The van der Waals surface area contributed by atoms with Gasteiger partial charge in [0, 0.05) is 23.8 Å². The molecule has 2 saturated heterocycles. The van der Waals surface area contributed by atoms with Crippen LogP contribution in [-0.2, 0) is 0 Å². The summed E-state index contributed by atoms with van der Waals surface area (Å²) in [6.07, 6.45) is 14.6. The van der Waals surface area contributed by atoms with Crippen molar-refractivity contribution >= 4 is 12.4 Å². The second-order valence-electron chi connectivity index (χ2n) is 12.1. The second kappa shape index (κ2) is 8.92. The first kappa shape index (κ1) is 22.7. The minimum atomic E-state index is 0.303. The molecule has 194 valence electrons. The second-order valence-corrected chi connectivity index (χ2v) is 12.1. The third kappa shape index (κ3) is 3.69. The molecule has 6 atom stereocenters. The van der Waals surface area contributed by atoms with E-state index in [0.717, 1.165) is 34.6 Å². The summed E-state index contributed by atoms with van der Waals surface area (Å²) in [4.78, 5) is 12.5. The van der Waals surface area contributed by atoms with Crippen molar-refractivity contribution in [2.45, 2.75) is 75.7 Å². The number of imidazole rings is 1. The van der Waals surface area contributed by atoms with Gasteiger partial charge in [-0.2, -0.15) is 0 Å². The fourth-order valence-corrected chi connectivity index (χ4v) is 8.04. The van der Waals surface area contributed by atoms with Crippen molar-refractivity contribution in [3.63, 3.8) is 0 Å². The largest absolute Gasteiger partial charge is 0.368 e. The summed E-state index contributed by atoms with van der Waals surface area (Å²) in [5.41, 5.74) is 9.77. The number of H-pyrrole nitrogens is 1. The van der Waals surface area contributed by atoms with Crippen molar-refractivity contribution in [3.8, 4) is 33.5 Å². The Morgan fingerprint density at radius 3 is 2.45 bits per heavy atom. The molecule has 6 heteroatoms. The van der Waals surface area contributed by atoms with Gasteiger partial charge in [-0.1, -0.05) is 37.1 Å². The molecule has 6 nitrogen and oxygen atoms in total. The standard InChI is InChI=1S/C32H36N6/c1-33-16-29(37-31-15-19-5-3-7-27(19)36-31)20-8-10-22-24(12-20)23-11-9-21(13-25(22)23)30-17-34-32(38-30)28-14-18-4-2-6-26(18)35-28/h8-13,16-19,26-28,31,35-37H,1-7,14-15H2,(H,34,38)/b29-16-/t18-,19-,26-,27-,28-,31?/m0/s1. The average Bonchev–Trinajstić information content (AvgIpc) is 3.72. The fraction of sp³-hybridized carbons (Fsp3) is 0.438. The van der Waals surface area contributed by atoms with Crippen molar-refractivity contribution < 1.29 is 0 Å². The van der Waals surface area contributed by atoms with Crippen LogP contribution in [0.3, 0.4) is 0 Å². The van der Waals surface area contributed by atoms with E-state index in [2.05, 4.69) is 69.0 Å². The molecule has 38 heavy (non-hydrogen) atoms. The number of aromatic amines is 1. The third-order valence-corrected chi connectivity index (χ3v) is 9.94. The van der Waals surface area contributed by atoms with Crippen LogP contribution in [0.1, 0.15) is 68.8 Å². The van der Waals surface area contributed by atoms with Crippen molar-refractivity contribution in [2.75, 3.05) is 0 Å². The Labute approximate surface area is 224 Å². The molecule has 8 rings (SSSR count). The number of hydrogen-bond acceptors (Lipinski definition) is 5. The van der Waals surface area contributed by atoms with E-state index in [4.69, 9.17) is 4.98 Å². The van der Waals surface area contributed by atoms with Gasteiger partial charge in [0.05, 0.1) is 29.8 Å². The maximum Gasteiger partial charge on any atom is 0.123 e. The molecule has 1 aromatic heterocycles.